The van der Waals surface area contributed by atoms with Crippen LogP contribution in [0.15, 0.2) is 30.5 Å². The van der Waals surface area contributed by atoms with Crippen molar-refractivity contribution in [3.8, 4) is 5.75 Å². The number of imidazole rings is 1. The molecule has 8 nitrogen and oxygen atoms in total. The van der Waals surface area contributed by atoms with Gasteiger partial charge in [-0.3, -0.25) is 9.69 Å². The van der Waals surface area contributed by atoms with Crippen LogP contribution in [0.2, 0.25) is 5.02 Å². The summed E-state index contributed by atoms with van der Waals surface area (Å²) in [5.74, 6) is 1.82. The highest BCUT2D eigenvalue weighted by Crippen LogP contribution is 2.27. The zero-order valence-corrected chi connectivity index (χ0v) is 20.7. The van der Waals surface area contributed by atoms with Gasteiger partial charge in [-0.2, -0.15) is 0 Å². The Bertz CT molecular complexity index is 916. The lowest BCUT2D eigenvalue weighted by molar-refractivity contribution is -0.159. The fourth-order valence-electron chi connectivity index (χ4n) is 4.45. The number of carbonyl (C=O) groups excluding carboxylic acids is 1. The van der Waals surface area contributed by atoms with Gasteiger partial charge in [-0.1, -0.05) is 24.9 Å². The summed E-state index contributed by atoms with van der Waals surface area (Å²) in [7, 11) is 0. The molecule has 2 aliphatic rings. The fraction of sp³-hybridized carbons (Fsp3) is 0.600. The quantitative estimate of drug-likeness (QED) is 0.550. The number of unbranched alkanes of at least 4 members (excludes halogenated alkanes) is 1. The minimum absolute atomic E-state index is 0.0771. The minimum Gasteiger partial charge on any atom is -0.491 e. The van der Waals surface area contributed by atoms with Crippen LogP contribution < -0.4 is 4.74 Å². The summed E-state index contributed by atoms with van der Waals surface area (Å²) < 4.78 is 17.8. The van der Waals surface area contributed by atoms with Gasteiger partial charge >= 0.3 is 0 Å². The highest BCUT2D eigenvalue weighted by molar-refractivity contribution is 6.30. The van der Waals surface area contributed by atoms with Crippen molar-refractivity contribution in [2.75, 3.05) is 52.6 Å². The zero-order chi connectivity index (χ0) is 23.8. The summed E-state index contributed by atoms with van der Waals surface area (Å²) in [4.78, 5) is 25.3. The number of aromatic amines is 1. The third kappa shape index (κ3) is 6.95. The Kier molecular flexibility index (Phi) is 8.83. The highest BCUT2D eigenvalue weighted by Gasteiger charge is 2.41. The maximum absolute atomic E-state index is 13.2. The number of H-pyrrole nitrogens is 1. The van der Waals surface area contributed by atoms with Crippen molar-refractivity contribution in [3.63, 3.8) is 0 Å². The Morgan fingerprint density at radius 2 is 2.00 bits per heavy atom. The second-order valence-electron chi connectivity index (χ2n) is 9.11. The van der Waals surface area contributed by atoms with E-state index >= 15 is 0 Å². The molecule has 1 atom stereocenters. The second kappa shape index (κ2) is 12.0. The van der Waals surface area contributed by atoms with Crippen LogP contribution in [0, 0.1) is 0 Å². The minimum atomic E-state index is -0.738. The molecule has 3 heterocycles. The number of rotatable bonds is 10. The molecule has 1 N–H and O–H groups in total. The van der Waals surface area contributed by atoms with E-state index in [1.165, 1.54) is 0 Å². The van der Waals surface area contributed by atoms with Gasteiger partial charge in [-0.05, 0) is 30.7 Å². The lowest BCUT2D eigenvalue weighted by atomic mass is 9.96. The topological polar surface area (TPSA) is 79.9 Å². The van der Waals surface area contributed by atoms with E-state index < -0.39 is 5.60 Å². The van der Waals surface area contributed by atoms with E-state index in [9.17, 15) is 4.79 Å². The number of ether oxygens (including phenoxy) is 3. The normalized spacial score (nSPS) is 21.5. The first kappa shape index (κ1) is 25.0. The third-order valence-electron chi connectivity index (χ3n) is 6.32. The zero-order valence-electron chi connectivity index (χ0n) is 19.9. The van der Waals surface area contributed by atoms with E-state index in [1.807, 2.05) is 23.2 Å². The Balaban J connectivity index is 1.44. The van der Waals surface area contributed by atoms with Crippen molar-refractivity contribution in [2.24, 2.45) is 0 Å². The Morgan fingerprint density at radius 1 is 1.21 bits per heavy atom. The van der Waals surface area contributed by atoms with E-state index in [4.69, 9.17) is 25.8 Å². The molecule has 34 heavy (non-hydrogen) atoms. The smallest absolute Gasteiger partial charge is 0.225 e. The molecule has 0 radical (unpaired) electrons. The predicted octanol–water partition coefficient (Wildman–Crippen LogP) is 3.30. The number of hydrogen-bond donors (Lipinski definition) is 1. The number of aromatic nitrogens is 2. The number of amides is 1. The summed E-state index contributed by atoms with van der Waals surface area (Å²) in [6.07, 6.45) is 5.42. The third-order valence-corrected chi connectivity index (χ3v) is 6.57. The molecular formula is C25H35ClN4O4. The monoisotopic (exact) mass is 490 g/mol. The SMILES string of the molecule is CCCCc1ncc(CN2CCO[C@@](COc3ccc(Cl)cc3)(CC(=O)N3CCOCC3)C2)[nH]1. The van der Waals surface area contributed by atoms with Crippen LogP contribution in [-0.4, -0.2) is 83.9 Å². The van der Waals surface area contributed by atoms with Crippen LogP contribution in [0.3, 0.4) is 0 Å². The molecule has 4 rings (SSSR count). The molecule has 0 saturated carbocycles. The van der Waals surface area contributed by atoms with Crippen molar-refractivity contribution in [2.45, 2.75) is 44.8 Å². The molecule has 2 fully saturated rings. The van der Waals surface area contributed by atoms with Gasteiger partial charge in [0, 0.05) is 56.1 Å². The van der Waals surface area contributed by atoms with E-state index in [0.717, 1.165) is 43.9 Å². The van der Waals surface area contributed by atoms with Gasteiger partial charge in [0.25, 0.3) is 0 Å². The lowest BCUT2D eigenvalue weighted by Crippen LogP contribution is -2.57. The molecule has 1 aromatic heterocycles. The van der Waals surface area contributed by atoms with Gasteiger partial charge in [-0.25, -0.2) is 4.98 Å². The van der Waals surface area contributed by atoms with Crippen LogP contribution in [-0.2, 0) is 27.2 Å². The number of hydrogen-bond acceptors (Lipinski definition) is 6. The molecule has 186 valence electrons. The first-order valence-electron chi connectivity index (χ1n) is 12.2. The fourth-order valence-corrected chi connectivity index (χ4v) is 4.57. The molecule has 0 aliphatic carbocycles. The number of carbonyl (C=O) groups is 1. The number of halogens is 1. The van der Waals surface area contributed by atoms with Crippen LogP contribution in [0.1, 0.15) is 37.7 Å². The Hall–Kier alpha value is -2.13. The predicted molar refractivity (Wildman–Crippen MR) is 130 cm³/mol. The van der Waals surface area contributed by atoms with E-state index in [2.05, 4.69) is 21.8 Å². The first-order valence-corrected chi connectivity index (χ1v) is 12.6. The molecule has 1 amide bonds. The van der Waals surface area contributed by atoms with E-state index in [1.54, 1.807) is 12.1 Å². The van der Waals surface area contributed by atoms with Crippen LogP contribution in [0.5, 0.6) is 5.75 Å². The highest BCUT2D eigenvalue weighted by atomic mass is 35.5. The average molecular weight is 491 g/mol. The molecular weight excluding hydrogens is 456 g/mol. The summed E-state index contributed by atoms with van der Waals surface area (Å²) in [6, 6.07) is 7.27. The maximum Gasteiger partial charge on any atom is 0.225 e. The largest absolute Gasteiger partial charge is 0.491 e. The molecule has 2 aliphatic heterocycles. The van der Waals surface area contributed by atoms with Gasteiger partial charge < -0.3 is 24.1 Å². The molecule has 0 bridgehead atoms. The number of benzene rings is 1. The number of nitrogens with zero attached hydrogens (tertiary/aromatic N) is 3. The van der Waals surface area contributed by atoms with Crippen LogP contribution in [0.25, 0.3) is 0 Å². The number of nitrogens with one attached hydrogen (secondary N) is 1. The van der Waals surface area contributed by atoms with E-state index in [-0.39, 0.29) is 18.9 Å². The molecule has 2 aromatic rings. The van der Waals surface area contributed by atoms with Gasteiger partial charge in [-0.15, -0.1) is 0 Å². The lowest BCUT2D eigenvalue weighted by Gasteiger charge is -2.43. The second-order valence-corrected chi connectivity index (χ2v) is 9.55. The Labute approximate surface area is 206 Å². The molecule has 1 aromatic carbocycles. The summed E-state index contributed by atoms with van der Waals surface area (Å²) in [6.45, 7) is 7.51. The standard InChI is InChI=1S/C25H35ClN4O4/c1-2-3-4-23-27-16-21(28-23)17-29-9-14-34-25(18-29,15-24(31)30-10-12-32-13-11-30)19-33-22-7-5-20(26)6-8-22/h5-8,16H,2-4,9-15,17-19H2,1H3,(H,27,28)/t25-/m0/s1. The van der Waals surface area contributed by atoms with Gasteiger partial charge in [0.15, 0.2) is 0 Å². The summed E-state index contributed by atoms with van der Waals surface area (Å²) in [5, 5.41) is 0.655. The molecule has 9 heteroatoms. The van der Waals surface area contributed by atoms with Gasteiger partial charge in [0.05, 0.1) is 26.2 Å². The summed E-state index contributed by atoms with van der Waals surface area (Å²) >= 11 is 6.01. The van der Waals surface area contributed by atoms with Gasteiger partial charge in [0.1, 0.15) is 23.8 Å². The maximum atomic E-state index is 13.2. The Morgan fingerprint density at radius 3 is 2.76 bits per heavy atom. The van der Waals surface area contributed by atoms with Crippen molar-refractivity contribution in [1.29, 1.82) is 0 Å². The van der Waals surface area contributed by atoms with Crippen molar-refractivity contribution < 1.29 is 19.0 Å². The number of aryl methyl sites for hydroxylation is 1. The summed E-state index contributed by atoms with van der Waals surface area (Å²) in [5.41, 5.74) is 0.346. The van der Waals surface area contributed by atoms with E-state index in [0.29, 0.717) is 50.2 Å². The molecule has 0 unspecified atom stereocenters. The van der Waals surface area contributed by atoms with Gasteiger partial charge in [0.2, 0.25) is 5.91 Å². The molecule has 0 spiro atoms. The molecule has 2 saturated heterocycles. The van der Waals surface area contributed by atoms with Crippen LogP contribution >= 0.6 is 11.6 Å². The van der Waals surface area contributed by atoms with Crippen molar-refractivity contribution in [1.82, 2.24) is 19.8 Å². The van der Waals surface area contributed by atoms with Crippen molar-refractivity contribution in [3.05, 3.63) is 47.0 Å². The first-order chi connectivity index (χ1) is 16.5. The average Bonchev–Trinajstić information content (AvgIpc) is 3.30. The number of morpholine rings is 2. The van der Waals surface area contributed by atoms with Crippen LogP contribution in [0.4, 0.5) is 0 Å². The van der Waals surface area contributed by atoms with Crippen molar-refractivity contribution >= 4 is 17.5 Å².